The van der Waals surface area contributed by atoms with Gasteiger partial charge in [0, 0.05) is 33.2 Å². The SMILES string of the molecule is CCOC(=O)C1CCCN(C(=NC)NCc2ccc(CN(CC)CC)cc2)C1. The molecule has 6 heteroatoms. The highest BCUT2D eigenvalue weighted by Gasteiger charge is 2.28. The van der Waals surface area contributed by atoms with Crippen molar-refractivity contribution in [2.45, 2.75) is 46.7 Å². The van der Waals surface area contributed by atoms with Crippen LogP contribution in [0, 0.1) is 5.92 Å². The summed E-state index contributed by atoms with van der Waals surface area (Å²) in [7, 11) is 1.80. The van der Waals surface area contributed by atoms with Gasteiger partial charge in [0.2, 0.25) is 0 Å². The van der Waals surface area contributed by atoms with Crippen LogP contribution in [0.15, 0.2) is 29.3 Å². The Morgan fingerprint density at radius 3 is 2.50 bits per heavy atom. The molecule has 1 aliphatic rings. The van der Waals surface area contributed by atoms with Crippen molar-refractivity contribution >= 4 is 11.9 Å². The quantitative estimate of drug-likeness (QED) is 0.422. The Kier molecular flexibility index (Phi) is 9.28. The summed E-state index contributed by atoms with van der Waals surface area (Å²) in [6.45, 7) is 12.1. The summed E-state index contributed by atoms with van der Waals surface area (Å²) in [5.41, 5.74) is 2.56. The number of piperidine rings is 1. The summed E-state index contributed by atoms with van der Waals surface area (Å²) in [4.78, 5) is 21.1. The Hall–Kier alpha value is -2.08. The van der Waals surface area contributed by atoms with Crippen LogP contribution in [-0.2, 0) is 22.6 Å². The van der Waals surface area contributed by atoms with Gasteiger partial charge in [-0.25, -0.2) is 0 Å². The minimum Gasteiger partial charge on any atom is -0.466 e. The third-order valence-electron chi connectivity index (χ3n) is 5.33. The zero-order chi connectivity index (χ0) is 20.4. The number of aliphatic imine (C=N–C) groups is 1. The van der Waals surface area contributed by atoms with Gasteiger partial charge in [-0.3, -0.25) is 14.7 Å². The van der Waals surface area contributed by atoms with E-state index in [1.807, 2.05) is 6.92 Å². The molecule has 0 aromatic heterocycles. The number of guanidine groups is 1. The minimum absolute atomic E-state index is 0.0633. The van der Waals surface area contributed by atoms with Crippen LogP contribution >= 0.6 is 0 Å². The van der Waals surface area contributed by atoms with E-state index in [2.05, 4.69) is 58.2 Å². The lowest BCUT2D eigenvalue weighted by atomic mass is 9.98. The first-order valence-corrected chi connectivity index (χ1v) is 10.5. The highest BCUT2D eigenvalue weighted by molar-refractivity contribution is 5.81. The van der Waals surface area contributed by atoms with E-state index in [9.17, 15) is 4.79 Å². The first-order chi connectivity index (χ1) is 13.6. The van der Waals surface area contributed by atoms with Gasteiger partial charge in [-0.1, -0.05) is 38.1 Å². The van der Waals surface area contributed by atoms with E-state index in [0.717, 1.165) is 51.5 Å². The summed E-state index contributed by atoms with van der Waals surface area (Å²) in [5.74, 6) is 0.694. The molecule has 1 aromatic rings. The van der Waals surface area contributed by atoms with Crippen molar-refractivity contribution in [3.8, 4) is 0 Å². The van der Waals surface area contributed by atoms with Crippen LogP contribution in [0.5, 0.6) is 0 Å². The predicted molar refractivity (Wildman–Crippen MR) is 114 cm³/mol. The molecule has 1 atom stereocenters. The van der Waals surface area contributed by atoms with E-state index in [1.54, 1.807) is 7.05 Å². The lowest BCUT2D eigenvalue weighted by Gasteiger charge is -2.34. The average Bonchev–Trinajstić information content (AvgIpc) is 2.74. The number of nitrogens with one attached hydrogen (secondary N) is 1. The maximum absolute atomic E-state index is 12.1. The number of benzene rings is 1. The Balaban J connectivity index is 1.88. The second kappa shape index (κ2) is 11.7. The fraction of sp³-hybridized carbons (Fsp3) is 0.636. The zero-order valence-electron chi connectivity index (χ0n) is 17.9. The van der Waals surface area contributed by atoms with Crippen molar-refractivity contribution in [1.82, 2.24) is 15.1 Å². The lowest BCUT2D eigenvalue weighted by Crippen LogP contribution is -2.48. The van der Waals surface area contributed by atoms with Gasteiger partial charge in [-0.2, -0.15) is 0 Å². The molecule has 0 aliphatic carbocycles. The second-order valence-corrected chi connectivity index (χ2v) is 7.22. The molecule has 1 heterocycles. The Labute approximate surface area is 170 Å². The number of rotatable bonds is 8. The average molecular weight is 389 g/mol. The molecule has 1 fully saturated rings. The molecule has 0 radical (unpaired) electrons. The summed E-state index contributed by atoms with van der Waals surface area (Å²) in [6, 6.07) is 8.76. The van der Waals surface area contributed by atoms with E-state index in [4.69, 9.17) is 4.74 Å². The van der Waals surface area contributed by atoms with E-state index in [-0.39, 0.29) is 11.9 Å². The molecule has 0 amide bonds. The van der Waals surface area contributed by atoms with Crippen molar-refractivity contribution in [1.29, 1.82) is 0 Å². The molecule has 0 bridgehead atoms. The van der Waals surface area contributed by atoms with Gasteiger partial charge in [0.1, 0.15) is 0 Å². The molecule has 0 spiro atoms. The van der Waals surface area contributed by atoms with Gasteiger partial charge in [0.05, 0.1) is 12.5 Å². The first kappa shape index (κ1) is 22.2. The first-order valence-electron chi connectivity index (χ1n) is 10.5. The number of likely N-dealkylation sites (tertiary alicyclic amines) is 1. The summed E-state index contributed by atoms with van der Waals surface area (Å²) < 4.78 is 5.20. The molecule has 156 valence electrons. The summed E-state index contributed by atoms with van der Waals surface area (Å²) in [6.07, 6.45) is 1.87. The summed E-state index contributed by atoms with van der Waals surface area (Å²) >= 11 is 0. The smallest absolute Gasteiger partial charge is 0.310 e. The molecule has 28 heavy (non-hydrogen) atoms. The maximum Gasteiger partial charge on any atom is 0.310 e. The Bertz CT molecular complexity index is 626. The predicted octanol–water partition coefficient (Wildman–Crippen LogP) is 2.88. The van der Waals surface area contributed by atoms with Gasteiger partial charge >= 0.3 is 5.97 Å². The van der Waals surface area contributed by atoms with Crippen LogP contribution in [0.25, 0.3) is 0 Å². The maximum atomic E-state index is 12.1. The van der Waals surface area contributed by atoms with E-state index < -0.39 is 0 Å². The number of esters is 1. The fourth-order valence-electron chi connectivity index (χ4n) is 3.60. The van der Waals surface area contributed by atoms with Crippen LogP contribution in [0.2, 0.25) is 0 Å². The van der Waals surface area contributed by atoms with Gasteiger partial charge in [-0.15, -0.1) is 0 Å². The molecule has 6 nitrogen and oxygen atoms in total. The highest BCUT2D eigenvalue weighted by Crippen LogP contribution is 2.18. The van der Waals surface area contributed by atoms with E-state index in [0.29, 0.717) is 13.2 Å². The lowest BCUT2D eigenvalue weighted by molar-refractivity contribution is -0.149. The van der Waals surface area contributed by atoms with Gasteiger partial charge in [-0.05, 0) is 44.0 Å². The van der Waals surface area contributed by atoms with Crippen LogP contribution < -0.4 is 5.32 Å². The van der Waals surface area contributed by atoms with Crippen LogP contribution in [0.3, 0.4) is 0 Å². The number of hydrogen-bond donors (Lipinski definition) is 1. The molecular formula is C22H36N4O2. The van der Waals surface area contributed by atoms with Crippen molar-refractivity contribution < 1.29 is 9.53 Å². The standard InChI is InChI=1S/C22H36N4O2/c1-5-25(6-2)16-19-12-10-18(11-13-19)15-24-22(23-4)26-14-8-9-20(17-26)21(27)28-7-3/h10-13,20H,5-9,14-17H2,1-4H3,(H,23,24). The molecule has 1 unspecified atom stereocenters. The second-order valence-electron chi connectivity index (χ2n) is 7.22. The van der Waals surface area contributed by atoms with E-state index >= 15 is 0 Å². The molecular weight excluding hydrogens is 352 g/mol. The van der Waals surface area contributed by atoms with Gasteiger partial charge in [0.25, 0.3) is 0 Å². The fourth-order valence-corrected chi connectivity index (χ4v) is 3.60. The number of carbonyl (C=O) groups is 1. The minimum atomic E-state index is -0.0913. The van der Waals surface area contributed by atoms with Crippen LogP contribution in [0.4, 0.5) is 0 Å². The molecule has 2 rings (SSSR count). The van der Waals surface area contributed by atoms with E-state index in [1.165, 1.54) is 11.1 Å². The Morgan fingerprint density at radius 1 is 1.21 bits per heavy atom. The number of carbonyl (C=O) groups excluding carboxylic acids is 1. The Morgan fingerprint density at radius 2 is 1.89 bits per heavy atom. The number of hydrogen-bond acceptors (Lipinski definition) is 4. The molecule has 1 aliphatic heterocycles. The molecule has 1 aromatic carbocycles. The van der Waals surface area contributed by atoms with Crippen molar-refractivity contribution in [3.63, 3.8) is 0 Å². The normalized spacial score (nSPS) is 17.7. The van der Waals surface area contributed by atoms with Gasteiger partial charge < -0.3 is 15.0 Å². The highest BCUT2D eigenvalue weighted by atomic mass is 16.5. The molecule has 1 saturated heterocycles. The number of ether oxygens (including phenoxy) is 1. The molecule has 0 saturated carbocycles. The van der Waals surface area contributed by atoms with Gasteiger partial charge in [0.15, 0.2) is 5.96 Å². The molecule has 1 N–H and O–H groups in total. The monoisotopic (exact) mass is 388 g/mol. The summed E-state index contributed by atoms with van der Waals surface area (Å²) in [5, 5.41) is 3.44. The van der Waals surface area contributed by atoms with Crippen molar-refractivity contribution in [2.24, 2.45) is 10.9 Å². The topological polar surface area (TPSA) is 57.2 Å². The third kappa shape index (κ3) is 6.51. The van der Waals surface area contributed by atoms with Crippen LogP contribution in [0.1, 0.15) is 44.7 Å². The van der Waals surface area contributed by atoms with Crippen molar-refractivity contribution in [3.05, 3.63) is 35.4 Å². The zero-order valence-corrected chi connectivity index (χ0v) is 17.9. The van der Waals surface area contributed by atoms with Crippen LogP contribution in [-0.4, -0.2) is 61.6 Å². The number of nitrogens with zero attached hydrogens (tertiary/aromatic N) is 3. The van der Waals surface area contributed by atoms with Crippen molar-refractivity contribution in [2.75, 3.05) is 39.8 Å². The third-order valence-corrected chi connectivity index (χ3v) is 5.33. The largest absolute Gasteiger partial charge is 0.466 e.